The fourth-order valence-electron chi connectivity index (χ4n) is 1.13. The van der Waals surface area contributed by atoms with Crippen LogP contribution in [0.15, 0.2) is 18.3 Å². The summed E-state index contributed by atoms with van der Waals surface area (Å²) in [4.78, 5) is 0. The van der Waals surface area contributed by atoms with Gasteiger partial charge in [0.05, 0.1) is 5.56 Å². The van der Waals surface area contributed by atoms with Gasteiger partial charge >= 0.3 is 27.2 Å². The first-order chi connectivity index (χ1) is 6.89. The van der Waals surface area contributed by atoms with Crippen molar-refractivity contribution in [2.45, 2.75) is 6.18 Å². The molecule has 8 heteroatoms. The van der Waals surface area contributed by atoms with Gasteiger partial charge < -0.3 is 11.5 Å². The van der Waals surface area contributed by atoms with Crippen molar-refractivity contribution in [3.63, 3.8) is 0 Å². The van der Waals surface area contributed by atoms with Gasteiger partial charge in [-0.1, -0.05) is 0 Å². The summed E-state index contributed by atoms with van der Waals surface area (Å²) in [5.41, 5.74) is -1.69. The van der Waals surface area contributed by atoms with E-state index in [1.54, 1.807) is 0 Å². The molecule has 0 bridgehead atoms. The van der Waals surface area contributed by atoms with Crippen LogP contribution < -0.4 is 0 Å². The molecule has 0 fully saturated rings. The van der Waals surface area contributed by atoms with Gasteiger partial charge in [0.1, 0.15) is 11.6 Å². The van der Waals surface area contributed by atoms with E-state index in [1.165, 1.54) is 6.20 Å². The third kappa shape index (κ3) is 3.26. The van der Waals surface area contributed by atoms with Crippen LogP contribution in [-0.2, 0) is 27.2 Å². The third-order valence-corrected chi connectivity index (χ3v) is 1.90. The van der Waals surface area contributed by atoms with E-state index in [-0.39, 0.29) is 44.5 Å². The fourth-order valence-corrected chi connectivity index (χ4v) is 1.13. The van der Waals surface area contributed by atoms with Crippen molar-refractivity contribution in [3.05, 3.63) is 52.6 Å². The van der Waals surface area contributed by atoms with Gasteiger partial charge in [-0.15, -0.1) is 5.70 Å². The molecule has 1 heterocycles. The molecule has 2 N–H and O–H groups in total. The van der Waals surface area contributed by atoms with Gasteiger partial charge in [0.25, 0.3) is 0 Å². The Labute approximate surface area is 108 Å². The molecule has 0 unspecified atom stereocenters. The molecule has 0 aliphatic carbocycles. The van der Waals surface area contributed by atoms with Crippen LogP contribution in [0.1, 0.15) is 11.1 Å². The maximum atomic E-state index is 13.1. The summed E-state index contributed by atoms with van der Waals surface area (Å²) < 4.78 is 62.4. The minimum absolute atomic E-state index is 0. The molecular formula is C9H5F5N2W. The number of rotatable bonds is 1. The van der Waals surface area contributed by atoms with Gasteiger partial charge in [-0.2, -0.15) is 19.4 Å². The summed E-state index contributed by atoms with van der Waals surface area (Å²) >= 11 is 0. The number of hydrogen-bond donors (Lipinski definition) is 0. The Hall–Kier alpha value is -0.942. The van der Waals surface area contributed by atoms with Crippen LogP contribution in [-0.4, -0.2) is 0 Å². The molecule has 1 aliphatic rings. The average molecular weight is 420 g/mol. The topological polar surface area (TPSA) is 47.6 Å². The number of hydrogen-bond acceptors (Lipinski definition) is 0. The van der Waals surface area contributed by atoms with Crippen LogP contribution >= 0.6 is 0 Å². The molecular weight excluding hydrogens is 415 g/mol. The monoisotopic (exact) mass is 420 g/mol. The third-order valence-electron chi connectivity index (χ3n) is 1.90. The van der Waals surface area contributed by atoms with Crippen LogP contribution in [0.5, 0.6) is 0 Å². The predicted octanol–water partition coefficient (Wildman–Crippen LogP) is 4.38. The van der Waals surface area contributed by atoms with Gasteiger partial charge in [0.2, 0.25) is 0 Å². The van der Waals surface area contributed by atoms with E-state index in [4.69, 9.17) is 0 Å². The largest absolute Gasteiger partial charge is 2.00 e. The van der Waals surface area contributed by atoms with Gasteiger partial charge in [0.15, 0.2) is 0 Å². The number of benzene rings is 1. The van der Waals surface area contributed by atoms with Crippen LogP contribution in [0.4, 0.5) is 22.0 Å². The molecule has 0 saturated heterocycles. The summed E-state index contributed by atoms with van der Waals surface area (Å²) in [6, 6.07) is 0.639. The van der Waals surface area contributed by atoms with Crippen LogP contribution in [0, 0.1) is 11.6 Å². The minimum Gasteiger partial charge on any atom is -0.693 e. The van der Waals surface area contributed by atoms with Crippen LogP contribution in [0.2, 0.25) is 0 Å². The second-order valence-electron chi connectivity index (χ2n) is 2.95. The Morgan fingerprint density at radius 1 is 1.00 bits per heavy atom. The Morgan fingerprint density at radius 3 is 1.94 bits per heavy atom. The van der Waals surface area contributed by atoms with Gasteiger partial charge in [-0.3, -0.25) is 0 Å². The van der Waals surface area contributed by atoms with Gasteiger partial charge in [-0.05, 0) is 17.7 Å². The number of halogens is 5. The zero-order chi connectivity index (χ0) is 11.2. The molecule has 92 valence electrons. The van der Waals surface area contributed by atoms with E-state index < -0.39 is 23.4 Å². The molecule has 1 aromatic rings. The van der Waals surface area contributed by atoms with Crippen molar-refractivity contribution in [2.75, 3.05) is 0 Å². The first-order valence-electron chi connectivity index (χ1n) is 3.87. The first-order valence-corrected chi connectivity index (χ1v) is 3.87. The summed E-state index contributed by atoms with van der Waals surface area (Å²) in [6.07, 6.45) is -3.65. The number of nitrogens with zero attached hydrogens (tertiary/aromatic N) is 1. The number of alkyl halides is 3. The van der Waals surface area contributed by atoms with Crippen molar-refractivity contribution in [1.82, 2.24) is 0 Å². The van der Waals surface area contributed by atoms with Crippen molar-refractivity contribution < 1.29 is 43.0 Å². The normalized spacial score (nSPS) is 12.9. The number of nitrogens with two attached hydrogens (primary N) is 1. The standard InChI is InChI=1S/C9H3F5N.H2N.W/c10-6-2-5(9(12,13)14)7(11)1-4(6)8-3-15-8;;/h1-3H;1H2;/q2*-1;+2. The molecule has 1 aromatic carbocycles. The Bertz CT molecular complexity index is 455. The van der Waals surface area contributed by atoms with E-state index in [2.05, 4.69) is 5.32 Å². The zero-order valence-electron chi connectivity index (χ0n) is 8.05. The zero-order valence-corrected chi connectivity index (χ0v) is 11.0. The molecule has 17 heavy (non-hydrogen) atoms. The predicted molar refractivity (Wildman–Crippen MR) is 48.0 cm³/mol. The molecule has 2 nitrogen and oxygen atoms in total. The molecule has 1 aliphatic heterocycles. The van der Waals surface area contributed by atoms with Crippen molar-refractivity contribution in [3.8, 4) is 0 Å². The van der Waals surface area contributed by atoms with E-state index in [9.17, 15) is 22.0 Å². The quantitative estimate of drug-likeness (QED) is 0.606. The first kappa shape index (κ1) is 16.1. The fraction of sp³-hybridized carbons (Fsp3) is 0.111. The van der Waals surface area contributed by atoms with Crippen molar-refractivity contribution in [2.24, 2.45) is 0 Å². The molecule has 0 radical (unpaired) electrons. The van der Waals surface area contributed by atoms with Gasteiger partial charge in [-0.25, -0.2) is 8.78 Å². The van der Waals surface area contributed by atoms with Crippen LogP contribution in [0.25, 0.3) is 17.2 Å². The van der Waals surface area contributed by atoms with E-state index in [0.29, 0.717) is 6.07 Å². The Kier molecular flexibility index (Phi) is 4.86. The van der Waals surface area contributed by atoms with Crippen molar-refractivity contribution in [1.29, 1.82) is 0 Å². The molecule has 0 atom stereocenters. The van der Waals surface area contributed by atoms with E-state index in [1.807, 2.05) is 0 Å². The maximum Gasteiger partial charge on any atom is 2.00 e. The summed E-state index contributed by atoms with van der Waals surface area (Å²) in [6.45, 7) is 0. The SMILES string of the molecule is Fc1cc(C(F)(F)F)c(F)cc1C1=C[N-]1.[NH2-].[W+2]. The molecule has 0 amide bonds. The summed E-state index contributed by atoms with van der Waals surface area (Å²) in [5, 5.41) is 3.47. The molecule has 0 saturated carbocycles. The Balaban J connectivity index is 0.00000128. The molecule has 2 rings (SSSR count). The summed E-state index contributed by atoms with van der Waals surface area (Å²) in [5.74, 6) is -2.63. The van der Waals surface area contributed by atoms with E-state index in [0.717, 1.165) is 0 Å². The molecule has 0 spiro atoms. The Morgan fingerprint density at radius 2 is 1.53 bits per heavy atom. The van der Waals surface area contributed by atoms with Crippen molar-refractivity contribution >= 4 is 5.70 Å². The van der Waals surface area contributed by atoms with Gasteiger partial charge in [0, 0.05) is 0 Å². The average Bonchev–Trinajstić information content (AvgIpc) is 2.89. The molecule has 0 aromatic heterocycles. The van der Waals surface area contributed by atoms with Crippen LogP contribution in [0.3, 0.4) is 0 Å². The smallest absolute Gasteiger partial charge is 0.693 e. The van der Waals surface area contributed by atoms with E-state index >= 15 is 0 Å². The summed E-state index contributed by atoms with van der Waals surface area (Å²) in [7, 11) is 0. The second kappa shape index (κ2) is 5.14. The second-order valence-corrected chi connectivity index (χ2v) is 2.95. The maximum absolute atomic E-state index is 13.1. The minimum atomic E-state index is -4.89.